The lowest BCUT2D eigenvalue weighted by atomic mass is 9.99. The van der Waals surface area contributed by atoms with E-state index in [9.17, 15) is 38.4 Å². The first-order chi connectivity index (χ1) is 61.9. The van der Waals surface area contributed by atoms with E-state index in [0.29, 0.717) is 109 Å². The van der Waals surface area contributed by atoms with E-state index >= 15 is 0 Å². The van der Waals surface area contributed by atoms with Crippen LogP contribution >= 0.6 is 11.3 Å². The SMILES string of the molecule is CCC(=O)NCCCC(=O)Cc1cnc2ccccc2c1.CCC(=O)c1ccc(CNC(=O)c2ccc3ccccc3c2)cc1.CNC(=O)c1ccc(-c2ccc(CNCc3ccccc3)cn2)s1.Cc1ccccc1CC(=O)c1ccc(CNC(=O)OCc2cccnc2)cc1.Nc1ccccc1NC(=O)c1ccc(CNc2nccc(-c3cccnc3)n2)cc1. The Morgan fingerprint density at radius 3 is 1.76 bits per heavy atom. The molecule has 0 aliphatic carbocycles. The van der Waals surface area contributed by atoms with E-state index in [1.54, 1.807) is 86.7 Å². The summed E-state index contributed by atoms with van der Waals surface area (Å²) in [5.41, 5.74) is 22.3. The molecule has 0 fully saturated rings. The zero-order valence-electron chi connectivity index (χ0n) is 71.1. The van der Waals surface area contributed by atoms with Crippen molar-refractivity contribution < 1.29 is 43.1 Å². The summed E-state index contributed by atoms with van der Waals surface area (Å²) < 4.78 is 5.15. The quantitative estimate of drug-likeness (QED) is 0.0114. The van der Waals surface area contributed by atoms with Crippen LogP contribution in [0.5, 0.6) is 0 Å². The number of fused-ring (bicyclic) bond motifs is 2. The van der Waals surface area contributed by atoms with Gasteiger partial charge in [0.2, 0.25) is 11.9 Å². The van der Waals surface area contributed by atoms with Gasteiger partial charge in [0.05, 0.1) is 38.0 Å². The van der Waals surface area contributed by atoms with Gasteiger partial charge in [0.1, 0.15) is 12.4 Å². The number of alkyl carbamates (subject to hydrolysis) is 1. The van der Waals surface area contributed by atoms with E-state index in [1.165, 1.54) is 16.9 Å². The van der Waals surface area contributed by atoms with Gasteiger partial charge in [-0.25, -0.2) is 14.8 Å². The summed E-state index contributed by atoms with van der Waals surface area (Å²) in [5, 5.41) is 23.7. The highest BCUT2D eigenvalue weighted by molar-refractivity contribution is 7.17. The maximum atomic E-state index is 12.5. The summed E-state index contributed by atoms with van der Waals surface area (Å²) in [7, 11) is 1.64. The largest absolute Gasteiger partial charge is 0.445 e. The molecule has 0 aliphatic heterocycles. The van der Waals surface area contributed by atoms with Crippen LogP contribution in [0.1, 0.15) is 141 Å². The van der Waals surface area contributed by atoms with Crippen LogP contribution in [0.25, 0.3) is 43.5 Å². The van der Waals surface area contributed by atoms with Crippen LogP contribution < -0.4 is 43.0 Å². The normalized spacial score (nSPS) is 10.5. The van der Waals surface area contributed by atoms with E-state index in [0.717, 1.165) is 101 Å². The molecule has 127 heavy (non-hydrogen) atoms. The summed E-state index contributed by atoms with van der Waals surface area (Å²) in [5.74, 6) is 0.561. The number of thiophene rings is 1. The molecule has 23 nitrogen and oxygen atoms in total. The predicted octanol–water partition coefficient (Wildman–Crippen LogP) is 18.7. The minimum Gasteiger partial charge on any atom is -0.445 e. The Bertz CT molecular complexity index is 6130. The highest BCUT2D eigenvalue weighted by Gasteiger charge is 2.16. The molecule has 6 heterocycles. The number of aromatic nitrogens is 6. The molecule has 0 unspecified atom stereocenters. The maximum absolute atomic E-state index is 12.5. The number of nitrogens with zero attached hydrogens (tertiary/aromatic N) is 6. The number of anilines is 3. The van der Waals surface area contributed by atoms with Crippen LogP contribution in [-0.4, -0.2) is 90.6 Å². The number of para-hydroxylation sites is 3. The number of carbonyl (C=O) groups excluding carboxylic acids is 8. The van der Waals surface area contributed by atoms with Crippen LogP contribution in [0.15, 0.2) is 322 Å². The number of hydrogen-bond acceptors (Lipinski definition) is 19. The monoisotopic (exact) mass is 1710 g/mol. The number of pyridine rings is 4. The van der Waals surface area contributed by atoms with E-state index < -0.39 is 6.09 Å². The van der Waals surface area contributed by atoms with Gasteiger partial charge in [-0.3, -0.25) is 53.5 Å². The number of rotatable bonds is 31. The van der Waals surface area contributed by atoms with Crippen LogP contribution in [0.4, 0.5) is 22.1 Å². The molecule has 642 valence electrons. The van der Waals surface area contributed by atoms with Gasteiger partial charge in [0.25, 0.3) is 17.7 Å². The van der Waals surface area contributed by atoms with Crippen LogP contribution in [0.2, 0.25) is 0 Å². The van der Waals surface area contributed by atoms with Crippen molar-refractivity contribution in [2.75, 3.05) is 30.0 Å². The Morgan fingerprint density at radius 2 is 1.06 bits per heavy atom. The topological polar surface area (TPSA) is 333 Å². The number of ketones is 3. The van der Waals surface area contributed by atoms with Gasteiger partial charge in [-0.15, -0.1) is 11.3 Å². The first kappa shape index (κ1) is 92.3. The number of carbonyl (C=O) groups is 8. The van der Waals surface area contributed by atoms with Gasteiger partial charge in [0.15, 0.2) is 11.6 Å². The lowest BCUT2D eigenvalue weighted by molar-refractivity contribution is -0.121. The lowest BCUT2D eigenvalue weighted by Crippen LogP contribution is -2.23. The number of aryl methyl sites for hydroxylation is 1. The summed E-state index contributed by atoms with van der Waals surface area (Å²) in [6.07, 6.45) is 14.6. The minimum atomic E-state index is -0.497. The van der Waals surface area contributed by atoms with Gasteiger partial charge >= 0.3 is 6.09 Å². The number of amides is 5. The van der Waals surface area contributed by atoms with Gasteiger partial charge < -0.3 is 47.7 Å². The molecule has 15 aromatic rings. The molecule has 0 bridgehead atoms. The Morgan fingerprint density at radius 1 is 0.441 bits per heavy atom. The van der Waals surface area contributed by atoms with Gasteiger partial charge in [-0.1, -0.05) is 202 Å². The van der Waals surface area contributed by atoms with Crippen LogP contribution in [0.3, 0.4) is 0 Å². The molecule has 0 spiro atoms. The van der Waals surface area contributed by atoms with Gasteiger partial charge in [-0.2, -0.15) is 0 Å². The van der Waals surface area contributed by atoms with Crippen molar-refractivity contribution in [3.8, 4) is 21.8 Å². The number of nitrogens with one attached hydrogen (secondary N) is 7. The second-order valence-electron chi connectivity index (χ2n) is 29.3. The standard InChI is InChI=1S/C23H20N6O.C23H22N2O3.C21H19NO2.C19H19N3OS.C17H20N2O2/c24-19-5-1-2-6-21(19)28-22(30)17-9-7-16(8-10-17)14-27-23-26-13-11-20(29-23)18-4-3-12-25-15-18;1-17-5-2-3-7-21(17)13-22(26)20-10-8-18(9-11-20)15-25-23(27)28-16-19-6-4-12-24-14-19;1-2-20(23)17-9-7-15(8-10-17)14-22-21(24)19-12-11-16-5-3-4-6-18(16)13-19;1-20-19(23)18-10-9-17(24-18)16-8-7-15(13-22-16)12-21-11-14-5-3-2-4-6-14;1-2-17(21)18-9-5-7-15(20)11-13-10-14-6-3-4-8-16(14)19-12-13/h1-13,15H,14,24H2,(H,28,30)(H,26,27,29);2-12,14H,13,15-16H2,1H3,(H,25,27);3-13H,2,14H2,1H3,(H,22,24);2-10,13,21H,11-12H2,1H3,(H,20,23);3-4,6,8,10,12H,2,5,7,9,11H2,1H3,(H,18,21). The fourth-order valence-corrected chi connectivity index (χ4v) is 13.7. The van der Waals surface area contributed by atoms with Crippen LogP contribution in [-0.2, 0) is 66.5 Å². The summed E-state index contributed by atoms with van der Waals surface area (Å²) in [4.78, 5) is 123. The highest BCUT2D eigenvalue weighted by Crippen LogP contribution is 2.28. The third-order valence-electron chi connectivity index (χ3n) is 19.9. The van der Waals surface area contributed by atoms with Crippen molar-refractivity contribution in [1.29, 1.82) is 0 Å². The highest BCUT2D eigenvalue weighted by atomic mass is 32.1. The molecule has 24 heteroatoms. The number of Topliss-reactive ketones (excluding diaryl/α,β-unsaturated/α-hetero) is 3. The molecule has 9 N–H and O–H groups in total. The fraction of sp³-hybridized carbons (Fsp3) is 0.165. The molecule has 5 amide bonds. The Hall–Kier alpha value is -15.4. The average Bonchev–Trinajstić information content (AvgIpc) is 1.24. The molecule has 0 aliphatic rings. The number of nitrogen functional groups attached to an aromatic ring is 1. The summed E-state index contributed by atoms with van der Waals surface area (Å²) in [6.45, 7) is 9.31. The average molecular weight is 1710 g/mol. The smallest absolute Gasteiger partial charge is 0.407 e. The van der Waals surface area contributed by atoms with Crippen molar-refractivity contribution in [2.45, 2.75) is 98.6 Å². The Balaban J connectivity index is 0.000000155. The first-order valence-corrected chi connectivity index (χ1v) is 42.5. The third kappa shape index (κ3) is 30.0. The fourth-order valence-electron chi connectivity index (χ4n) is 12.8. The maximum Gasteiger partial charge on any atom is 0.407 e. The first-order valence-electron chi connectivity index (χ1n) is 41.6. The molecule has 0 atom stereocenters. The van der Waals surface area contributed by atoms with E-state index in [2.05, 4.69) is 85.3 Å². The molecular formula is C103H100N14O9S. The second kappa shape index (κ2) is 49.0. The van der Waals surface area contributed by atoms with E-state index in [1.807, 2.05) is 245 Å². The Kier molecular flexibility index (Phi) is 35.6. The van der Waals surface area contributed by atoms with Crippen molar-refractivity contribution in [2.24, 2.45) is 0 Å². The molecule has 6 aromatic heterocycles. The number of nitrogens with two attached hydrogens (primary N) is 1. The van der Waals surface area contributed by atoms with Crippen molar-refractivity contribution >= 4 is 97.4 Å². The van der Waals surface area contributed by atoms with Crippen molar-refractivity contribution in [1.82, 2.24) is 56.5 Å². The van der Waals surface area contributed by atoms with Gasteiger partial charge in [-0.05, 0) is 160 Å². The zero-order valence-corrected chi connectivity index (χ0v) is 72.0. The number of hydrogen-bond donors (Lipinski definition) is 8. The van der Waals surface area contributed by atoms with Crippen molar-refractivity contribution in [3.05, 3.63) is 400 Å². The predicted molar refractivity (Wildman–Crippen MR) is 502 cm³/mol. The number of benzene rings is 9. The minimum absolute atomic E-state index is 0.0289. The third-order valence-corrected chi connectivity index (χ3v) is 21.0. The molecule has 0 radical (unpaired) electrons. The molecule has 0 saturated carbocycles. The Labute approximate surface area is 742 Å². The molecule has 15 rings (SSSR count). The molecular weight excluding hydrogens is 1610 g/mol. The van der Waals surface area contributed by atoms with Gasteiger partial charge in [0, 0.05) is 161 Å². The zero-order chi connectivity index (χ0) is 89.3. The van der Waals surface area contributed by atoms with Crippen molar-refractivity contribution in [3.63, 3.8) is 0 Å². The molecule has 0 saturated heterocycles. The van der Waals surface area contributed by atoms with Crippen LogP contribution in [0, 0.1) is 6.92 Å². The second-order valence-corrected chi connectivity index (χ2v) is 30.4. The summed E-state index contributed by atoms with van der Waals surface area (Å²) >= 11 is 1.45. The lowest BCUT2D eigenvalue weighted by Gasteiger charge is -2.09. The van der Waals surface area contributed by atoms with E-state index in [4.69, 9.17) is 10.5 Å². The van der Waals surface area contributed by atoms with E-state index in [-0.39, 0.29) is 47.6 Å². The summed E-state index contributed by atoms with van der Waals surface area (Å²) in [6, 6.07) is 88.0. The number of ether oxygens (including phenoxy) is 1. The molecule has 9 aromatic carbocycles.